The Labute approximate surface area is 130 Å². The number of carboxylic acid groups (broad SMARTS) is 1. The predicted octanol–water partition coefficient (Wildman–Crippen LogP) is 2.72. The van der Waals surface area contributed by atoms with Gasteiger partial charge in [-0.2, -0.15) is 0 Å². The van der Waals surface area contributed by atoms with E-state index in [1.54, 1.807) is 29.1 Å². The summed E-state index contributed by atoms with van der Waals surface area (Å²) >= 11 is 7.25. The average molecular weight is 329 g/mol. The van der Waals surface area contributed by atoms with E-state index in [0.29, 0.717) is 27.4 Å². The number of nitrogens with zero attached hydrogens (tertiary/aromatic N) is 2. The molecule has 1 heterocycles. The summed E-state index contributed by atoms with van der Waals surface area (Å²) in [5, 5.41) is 9.73. The summed E-state index contributed by atoms with van der Waals surface area (Å²) in [5.41, 5.74) is 0.661. The fourth-order valence-corrected chi connectivity index (χ4v) is 2.66. The van der Waals surface area contributed by atoms with E-state index in [1.165, 1.54) is 14.2 Å². The van der Waals surface area contributed by atoms with E-state index >= 15 is 0 Å². The van der Waals surface area contributed by atoms with E-state index in [-0.39, 0.29) is 5.75 Å². The monoisotopic (exact) mass is 328 g/mol. The van der Waals surface area contributed by atoms with Crippen molar-refractivity contribution >= 4 is 29.3 Å². The van der Waals surface area contributed by atoms with Gasteiger partial charge in [-0.1, -0.05) is 23.4 Å². The lowest BCUT2D eigenvalue weighted by Crippen LogP contribution is -2.03. The number of carboxylic acids is 1. The maximum atomic E-state index is 10.7. The Morgan fingerprint density at radius 1 is 1.38 bits per heavy atom. The van der Waals surface area contributed by atoms with Crippen molar-refractivity contribution in [3.05, 3.63) is 29.5 Å². The molecule has 112 valence electrons. The van der Waals surface area contributed by atoms with Crippen molar-refractivity contribution in [3.8, 4) is 17.2 Å². The first-order valence-corrected chi connectivity index (χ1v) is 7.23. The third-order valence-electron chi connectivity index (χ3n) is 2.64. The second kappa shape index (κ2) is 6.73. The zero-order valence-electron chi connectivity index (χ0n) is 11.4. The Morgan fingerprint density at radius 3 is 2.71 bits per heavy atom. The number of hydrogen-bond acceptors (Lipinski definition) is 5. The smallest absolute Gasteiger partial charge is 0.313 e. The quantitative estimate of drug-likeness (QED) is 0.822. The largest absolute Gasteiger partial charge is 0.495 e. The summed E-state index contributed by atoms with van der Waals surface area (Å²) in [4.78, 5) is 14.8. The van der Waals surface area contributed by atoms with Crippen LogP contribution >= 0.6 is 23.4 Å². The molecule has 0 saturated carbocycles. The number of halogens is 1. The third kappa shape index (κ3) is 3.43. The van der Waals surface area contributed by atoms with Crippen LogP contribution in [0, 0.1) is 0 Å². The van der Waals surface area contributed by atoms with Crippen molar-refractivity contribution in [2.75, 3.05) is 20.0 Å². The van der Waals surface area contributed by atoms with E-state index in [0.717, 1.165) is 11.8 Å². The van der Waals surface area contributed by atoms with Crippen molar-refractivity contribution in [2.45, 2.75) is 5.16 Å². The van der Waals surface area contributed by atoms with Gasteiger partial charge in [0.25, 0.3) is 0 Å². The van der Waals surface area contributed by atoms with Gasteiger partial charge < -0.3 is 14.6 Å². The molecular formula is C13H13ClN2O4S. The van der Waals surface area contributed by atoms with Crippen LogP contribution in [0.4, 0.5) is 0 Å². The van der Waals surface area contributed by atoms with Crippen LogP contribution in [0.5, 0.6) is 11.5 Å². The van der Waals surface area contributed by atoms with E-state index in [4.69, 9.17) is 26.2 Å². The molecule has 0 aliphatic carbocycles. The van der Waals surface area contributed by atoms with Gasteiger partial charge in [0, 0.05) is 18.5 Å². The number of imidazole rings is 1. The number of methoxy groups -OCH3 is 2. The molecule has 0 radical (unpaired) electrons. The molecular weight excluding hydrogens is 316 g/mol. The minimum atomic E-state index is -0.908. The molecule has 0 atom stereocenters. The molecule has 0 aliphatic heterocycles. The normalized spacial score (nSPS) is 10.4. The van der Waals surface area contributed by atoms with Crippen LogP contribution in [-0.2, 0) is 4.79 Å². The second-order valence-electron chi connectivity index (χ2n) is 3.92. The molecule has 0 aliphatic rings. The summed E-state index contributed by atoms with van der Waals surface area (Å²) < 4.78 is 12.2. The molecule has 21 heavy (non-hydrogen) atoms. The lowest BCUT2D eigenvalue weighted by molar-refractivity contribution is -0.133. The van der Waals surface area contributed by atoms with Gasteiger partial charge in [-0.15, -0.1) is 0 Å². The number of aromatic nitrogens is 2. The summed E-state index contributed by atoms with van der Waals surface area (Å²) in [6, 6.07) is 3.36. The van der Waals surface area contributed by atoms with Crippen LogP contribution in [0.15, 0.2) is 29.7 Å². The second-order valence-corrected chi connectivity index (χ2v) is 5.27. The van der Waals surface area contributed by atoms with Crippen LogP contribution in [0.3, 0.4) is 0 Å². The standard InChI is InChI=1S/C13H13ClN2O4S/c1-19-10-6-11(20-2)9(5-8(10)14)16-4-3-15-13(16)21-7-12(17)18/h3-6H,7H2,1-2H3,(H,17,18). The van der Waals surface area contributed by atoms with E-state index < -0.39 is 5.97 Å². The lowest BCUT2D eigenvalue weighted by Gasteiger charge is -2.14. The molecule has 2 rings (SSSR count). The minimum absolute atomic E-state index is 0.0801. The van der Waals surface area contributed by atoms with Gasteiger partial charge in [0.05, 0.1) is 30.7 Å². The Hall–Kier alpha value is -1.86. The van der Waals surface area contributed by atoms with Crippen molar-refractivity contribution in [3.63, 3.8) is 0 Å². The van der Waals surface area contributed by atoms with Crippen molar-refractivity contribution in [1.82, 2.24) is 9.55 Å². The van der Waals surface area contributed by atoms with Crippen LogP contribution in [-0.4, -0.2) is 40.6 Å². The van der Waals surface area contributed by atoms with Gasteiger partial charge in [-0.05, 0) is 6.07 Å². The first-order chi connectivity index (χ1) is 10.1. The Kier molecular flexibility index (Phi) is 4.98. The minimum Gasteiger partial charge on any atom is -0.495 e. The van der Waals surface area contributed by atoms with Crippen LogP contribution in [0.1, 0.15) is 0 Å². The van der Waals surface area contributed by atoms with Crippen molar-refractivity contribution in [2.24, 2.45) is 0 Å². The number of thioether (sulfide) groups is 1. The highest BCUT2D eigenvalue weighted by Crippen LogP contribution is 2.36. The Balaban J connectivity index is 2.44. The molecule has 0 bridgehead atoms. The van der Waals surface area contributed by atoms with Crippen LogP contribution in [0.2, 0.25) is 5.02 Å². The molecule has 0 saturated heterocycles. The van der Waals surface area contributed by atoms with Crippen molar-refractivity contribution in [1.29, 1.82) is 0 Å². The molecule has 8 heteroatoms. The highest BCUT2D eigenvalue weighted by Gasteiger charge is 2.15. The third-order valence-corrected chi connectivity index (χ3v) is 3.89. The summed E-state index contributed by atoms with van der Waals surface area (Å²) in [6.45, 7) is 0. The summed E-state index contributed by atoms with van der Waals surface area (Å²) in [7, 11) is 3.05. The maximum Gasteiger partial charge on any atom is 0.313 e. The fraction of sp³-hybridized carbons (Fsp3) is 0.231. The van der Waals surface area contributed by atoms with Gasteiger partial charge in [0.1, 0.15) is 11.5 Å². The number of carbonyl (C=O) groups is 1. The van der Waals surface area contributed by atoms with Crippen molar-refractivity contribution < 1.29 is 19.4 Å². The number of hydrogen-bond donors (Lipinski definition) is 1. The maximum absolute atomic E-state index is 10.7. The SMILES string of the molecule is COc1cc(OC)c(-n2ccnc2SCC(=O)O)cc1Cl. The summed E-state index contributed by atoms with van der Waals surface area (Å²) in [6.07, 6.45) is 3.30. The molecule has 2 aromatic rings. The number of benzene rings is 1. The average Bonchev–Trinajstić information content (AvgIpc) is 2.93. The molecule has 1 N–H and O–H groups in total. The van der Waals surface area contributed by atoms with E-state index in [2.05, 4.69) is 4.98 Å². The van der Waals surface area contributed by atoms with Crippen LogP contribution in [0.25, 0.3) is 5.69 Å². The number of aliphatic carboxylic acids is 1. The number of ether oxygens (including phenoxy) is 2. The van der Waals surface area contributed by atoms with E-state index in [1.807, 2.05) is 0 Å². The molecule has 0 amide bonds. The fourth-order valence-electron chi connectivity index (χ4n) is 1.74. The first kappa shape index (κ1) is 15.5. The molecule has 0 spiro atoms. The van der Waals surface area contributed by atoms with Gasteiger partial charge >= 0.3 is 5.97 Å². The van der Waals surface area contributed by atoms with Gasteiger partial charge in [0.15, 0.2) is 5.16 Å². The molecule has 1 aromatic carbocycles. The molecule has 6 nitrogen and oxygen atoms in total. The lowest BCUT2D eigenvalue weighted by atomic mass is 10.2. The highest BCUT2D eigenvalue weighted by molar-refractivity contribution is 7.99. The van der Waals surface area contributed by atoms with Gasteiger partial charge in [-0.25, -0.2) is 4.98 Å². The zero-order valence-corrected chi connectivity index (χ0v) is 12.9. The first-order valence-electron chi connectivity index (χ1n) is 5.86. The zero-order chi connectivity index (χ0) is 15.4. The van der Waals surface area contributed by atoms with E-state index in [9.17, 15) is 4.79 Å². The Morgan fingerprint density at radius 2 is 2.10 bits per heavy atom. The molecule has 0 fully saturated rings. The molecule has 0 unspecified atom stereocenters. The topological polar surface area (TPSA) is 73.6 Å². The predicted molar refractivity (Wildman–Crippen MR) is 80.0 cm³/mol. The van der Waals surface area contributed by atoms with Crippen LogP contribution < -0.4 is 9.47 Å². The number of rotatable bonds is 6. The highest BCUT2D eigenvalue weighted by atomic mass is 35.5. The Bertz CT molecular complexity index is 660. The van der Waals surface area contributed by atoms with Gasteiger partial charge in [0.2, 0.25) is 0 Å². The summed E-state index contributed by atoms with van der Waals surface area (Å²) in [5.74, 6) is 0.0567. The molecule has 1 aromatic heterocycles. The van der Waals surface area contributed by atoms with Gasteiger partial charge in [-0.3, -0.25) is 9.36 Å².